The number of hydrogen-bond acceptors (Lipinski definition) is 5. The Kier molecular flexibility index (Phi) is 7.24. The van der Waals surface area contributed by atoms with Crippen molar-refractivity contribution >= 4 is 28.2 Å². The Morgan fingerprint density at radius 1 is 1.25 bits per heavy atom. The molecular formula is C26H39BrO5. The van der Waals surface area contributed by atoms with Crippen LogP contribution in [0.2, 0.25) is 0 Å². The summed E-state index contributed by atoms with van der Waals surface area (Å²) >= 11 is 3.81. The van der Waals surface area contributed by atoms with Crippen molar-refractivity contribution in [1.29, 1.82) is 0 Å². The van der Waals surface area contributed by atoms with Crippen LogP contribution in [0.25, 0.3) is 0 Å². The highest BCUT2D eigenvalue weighted by Gasteiger charge is 2.63. The minimum atomic E-state index is -0.449. The third-order valence-electron chi connectivity index (χ3n) is 9.34. The first-order valence-corrected chi connectivity index (χ1v) is 13.4. The number of halogens is 1. The Morgan fingerprint density at radius 3 is 2.75 bits per heavy atom. The van der Waals surface area contributed by atoms with Gasteiger partial charge >= 0.3 is 5.97 Å². The van der Waals surface area contributed by atoms with Gasteiger partial charge in [-0.15, -0.1) is 0 Å². The highest BCUT2D eigenvalue weighted by atomic mass is 79.9. The summed E-state index contributed by atoms with van der Waals surface area (Å²) in [7, 11) is 0. The number of carbonyl (C=O) groups is 2. The van der Waals surface area contributed by atoms with Gasteiger partial charge in [-0.1, -0.05) is 41.4 Å². The van der Waals surface area contributed by atoms with E-state index in [0.717, 1.165) is 57.7 Å². The maximum atomic E-state index is 11.8. The number of aliphatic hydroxyl groups is 1. The summed E-state index contributed by atoms with van der Waals surface area (Å²) in [6, 6.07) is 0. The van der Waals surface area contributed by atoms with Crippen LogP contribution in [0, 0.1) is 28.6 Å². The van der Waals surface area contributed by atoms with Gasteiger partial charge in [-0.25, -0.2) is 0 Å². The number of aliphatic hydroxyl groups excluding tert-OH is 1. The molecule has 180 valence electrons. The largest absolute Gasteiger partial charge is 0.461 e. The van der Waals surface area contributed by atoms with E-state index in [1.165, 1.54) is 12.5 Å². The lowest BCUT2D eigenvalue weighted by atomic mass is 9.47. The third-order valence-corrected chi connectivity index (χ3v) is 10.2. The maximum Gasteiger partial charge on any atom is 0.302 e. The van der Waals surface area contributed by atoms with Gasteiger partial charge in [0.1, 0.15) is 12.4 Å². The lowest BCUT2D eigenvalue weighted by Gasteiger charge is -2.58. The molecule has 0 aromatic rings. The number of esters is 1. The van der Waals surface area contributed by atoms with Crippen molar-refractivity contribution in [2.45, 2.75) is 102 Å². The summed E-state index contributed by atoms with van der Waals surface area (Å²) in [6.07, 6.45) is 11.3. The quantitative estimate of drug-likeness (QED) is 0.172. The lowest BCUT2D eigenvalue weighted by molar-refractivity contribution is -0.159. The van der Waals surface area contributed by atoms with Crippen LogP contribution in [0.4, 0.5) is 0 Å². The summed E-state index contributed by atoms with van der Waals surface area (Å²) in [6.45, 7) is 6.89. The predicted octanol–water partition coefficient (Wildman–Crippen LogP) is 4.98. The third kappa shape index (κ3) is 4.24. The van der Waals surface area contributed by atoms with Gasteiger partial charge in [0.15, 0.2) is 0 Å². The number of aldehydes is 1. The number of ether oxygens (including phenoxy) is 2. The normalized spacial score (nSPS) is 45.3. The molecule has 1 N–H and O–H groups in total. The Morgan fingerprint density at radius 2 is 2.03 bits per heavy atom. The second-order valence-electron chi connectivity index (χ2n) is 11.1. The molecule has 0 bridgehead atoms. The summed E-state index contributed by atoms with van der Waals surface area (Å²) in [5.74, 6) is 0.793. The second kappa shape index (κ2) is 9.50. The number of fused-ring (bicyclic) bond motifs is 5. The van der Waals surface area contributed by atoms with E-state index in [0.29, 0.717) is 24.9 Å². The second-order valence-corrected chi connectivity index (χ2v) is 12.3. The summed E-state index contributed by atoms with van der Waals surface area (Å²) in [5, 5.41) is 11.4. The van der Waals surface area contributed by atoms with Gasteiger partial charge in [-0.05, 0) is 74.5 Å². The summed E-state index contributed by atoms with van der Waals surface area (Å²) in [4.78, 5) is 22.4. The first kappa shape index (κ1) is 24.4. The fourth-order valence-electron chi connectivity index (χ4n) is 7.65. The molecule has 0 heterocycles. The van der Waals surface area contributed by atoms with Gasteiger partial charge in [0.25, 0.3) is 0 Å². The maximum absolute atomic E-state index is 11.8. The molecule has 0 amide bonds. The van der Waals surface area contributed by atoms with E-state index in [-0.39, 0.29) is 39.8 Å². The monoisotopic (exact) mass is 510 g/mol. The average molecular weight is 511 g/mol. The molecule has 4 aliphatic carbocycles. The van der Waals surface area contributed by atoms with Gasteiger partial charge in [0, 0.05) is 25.4 Å². The van der Waals surface area contributed by atoms with E-state index in [1.54, 1.807) is 0 Å². The Balaban J connectivity index is 1.49. The molecule has 3 saturated carbocycles. The zero-order valence-electron chi connectivity index (χ0n) is 19.7. The molecule has 3 fully saturated rings. The molecule has 0 saturated heterocycles. The highest BCUT2D eigenvalue weighted by Crippen LogP contribution is 2.66. The smallest absolute Gasteiger partial charge is 0.302 e. The van der Waals surface area contributed by atoms with E-state index in [4.69, 9.17) is 9.47 Å². The minimum Gasteiger partial charge on any atom is -0.461 e. The van der Waals surface area contributed by atoms with Gasteiger partial charge in [-0.3, -0.25) is 4.79 Å². The van der Waals surface area contributed by atoms with Crippen LogP contribution in [0.15, 0.2) is 11.6 Å². The van der Waals surface area contributed by atoms with Crippen LogP contribution in [-0.4, -0.2) is 47.1 Å². The zero-order chi connectivity index (χ0) is 23.1. The van der Waals surface area contributed by atoms with Crippen molar-refractivity contribution in [3.8, 4) is 0 Å². The molecule has 9 atom stereocenters. The molecule has 0 aromatic carbocycles. The Labute approximate surface area is 200 Å². The van der Waals surface area contributed by atoms with E-state index in [1.807, 2.05) is 0 Å². The first-order valence-electron chi connectivity index (χ1n) is 12.5. The molecule has 0 aromatic heterocycles. The number of alkyl halides is 1. The zero-order valence-corrected chi connectivity index (χ0v) is 21.3. The molecule has 0 radical (unpaired) electrons. The van der Waals surface area contributed by atoms with Gasteiger partial charge < -0.3 is 19.4 Å². The standard InChI is InChI=1S/C26H39BrO5/c1-16(29)32-24-21(27)15-20-23-19(8-10-26(20,24)3)25(2)9-7-18(13-17(25)14-22(23)30)31-12-6-4-5-11-28/h11,14,18-24,30H,4-10,12-13,15H2,1-3H3/t18-,19?,20?,21+,22-,23?,24?,25-,26-/m0/s1. The molecular weight excluding hydrogens is 472 g/mol. The fraction of sp³-hybridized carbons (Fsp3) is 0.846. The molecule has 4 rings (SSSR count). The highest BCUT2D eigenvalue weighted by molar-refractivity contribution is 9.09. The van der Waals surface area contributed by atoms with Crippen molar-refractivity contribution in [1.82, 2.24) is 0 Å². The van der Waals surface area contributed by atoms with Crippen LogP contribution >= 0.6 is 15.9 Å². The van der Waals surface area contributed by atoms with E-state index < -0.39 is 6.10 Å². The number of carbonyl (C=O) groups excluding carboxylic acids is 2. The average Bonchev–Trinajstić information content (AvgIpc) is 2.98. The van der Waals surface area contributed by atoms with Crippen molar-refractivity contribution < 1.29 is 24.2 Å². The molecule has 6 heteroatoms. The SMILES string of the molecule is CC(=O)OC1[C@H](Br)CC2C3C(CC[C@@]21C)[C@@]1(C)CC[C@H](OCCCCC=O)CC1=C[C@@H]3O. The summed E-state index contributed by atoms with van der Waals surface area (Å²) < 4.78 is 12.0. The van der Waals surface area contributed by atoms with Crippen LogP contribution in [0.1, 0.15) is 78.6 Å². The van der Waals surface area contributed by atoms with Gasteiger partial charge in [0.05, 0.1) is 17.0 Å². The van der Waals surface area contributed by atoms with Crippen molar-refractivity contribution in [2.75, 3.05) is 6.61 Å². The molecule has 4 aliphatic rings. The molecule has 0 aliphatic heterocycles. The molecule has 32 heavy (non-hydrogen) atoms. The lowest BCUT2D eigenvalue weighted by Crippen LogP contribution is -2.55. The first-order chi connectivity index (χ1) is 15.2. The van der Waals surface area contributed by atoms with Crippen LogP contribution in [0.3, 0.4) is 0 Å². The predicted molar refractivity (Wildman–Crippen MR) is 126 cm³/mol. The number of rotatable bonds is 7. The van der Waals surface area contributed by atoms with Crippen LogP contribution < -0.4 is 0 Å². The van der Waals surface area contributed by atoms with E-state index >= 15 is 0 Å². The van der Waals surface area contributed by atoms with Gasteiger partial charge in [-0.2, -0.15) is 0 Å². The van der Waals surface area contributed by atoms with Gasteiger partial charge in [0.2, 0.25) is 0 Å². The number of unbranched alkanes of at least 4 members (excludes halogenated alkanes) is 2. The number of hydrogen-bond donors (Lipinski definition) is 1. The van der Waals surface area contributed by atoms with E-state index in [9.17, 15) is 14.7 Å². The topological polar surface area (TPSA) is 72.8 Å². The van der Waals surface area contributed by atoms with E-state index in [2.05, 4.69) is 35.9 Å². The Bertz CT molecular complexity index is 752. The van der Waals surface area contributed by atoms with Crippen LogP contribution in [0.5, 0.6) is 0 Å². The van der Waals surface area contributed by atoms with Crippen molar-refractivity contribution in [2.24, 2.45) is 28.6 Å². The fourth-order valence-corrected chi connectivity index (χ4v) is 8.77. The van der Waals surface area contributed by atoms with Crippen molar-refractivity contribution in [3.05, 3.63) is 11.6 Å². The molecule has 0 spiro atoms. The van der Waals surface area contributed by atoms with Crippen molar-refractivity contribution in [3.63, 3.8) is 0 Å². The van der Waals surface area contributed by atoms with Crippen LogP contribution in [-0.2, 0) is 19.1 Å². The Hall–Kier alpha value is -0.720. The molecule has 5 nitrogen and oxygen atoms in total. The minimum absolute atomic E-state index is 0.0917. The molecule has 4 unspecified atom stereocenters. The summed E-state index contributed by atoms with van der Waals surface area (Å²) in [5.41, 5.74) is 1.40.